The van der Waals surface area contributed by atoms with Gasteiger partial charge in [0.1, 0.15) is 0 Å². The van der Waals surface area contributed by atoms with Crippen molar-refractivity contribution in [2.45, 2.75) is 141 Å². The Morgan fingerprint density at radius 1 is 0.600 bits per heavy atom. The van der Waals surface area contributed by atoms with Gasteiger partial charge in [0.15, 0.2) is 0 Å². The lowest BCUT2D eigenvalue weighted by atomic mass is 10.0. The fraction of sp³-hybridized carbons (Fsp3) is 0.862. The highest BCUT2D eigenvalue weighted by atomic mass is 33.1. The molecule has 0 aromatic heterocycles. The van der Waals surface area contributed by atoms with E-state index >= 15 is 0 Å². The van der Waals surface area contributed by atoms with Crippen LogP contribution in [0.25, 0.3) is 0 Å². The van der Waals surface area contributed by atoms with Gasteiger partial charge >= 0.3 is 0 Å². The number of quaternary nitrogens is 1. The second-order valence-electron chi connectivity index (χ2n) is 10.5. The monoisotopic (exact) mass is 604 g/mol. The van der Waals surface area contributed by atoms with Gasteiger partial charge in [0, 0.05) is 24.9 Å². The smallest absolute Gasteiger partial charge is 0.220 e. The zero-order chi connectivity index (χ0) is 29.8. The summed E-state index contributed by atoms with van der Waals surface area (Å²) in [5.74, 6) is -2.44. The minimum Gasteiger partial charge on any atom is -0.548 e. The summed E-state index contributed by atoms with van der Waals surface area (Å²) in [5, 5.41) is 27.3. The summed E-state index contributed by atoms with van der Waals surface area (Å²) in [6, 6.07) is -2.09. The Kier molecular flexibility index (Phi) is 26.7. The van der Waals surface area contributed by atoms with Crippen LogP contribution in [0.4, 0.5) is 0 Å². The van der Waals surface area contributed by atoms with Crippen LogP contribution in [0.1, 0.15) is 129 Å². The highest BCUT2D eigenvalue weighted by Gasteiger charge is 2.14. The van der Waals surface area contributed by atoms with Gasteiger partial charge in [0.2, 0.25) is 11.8 Å². The van der Waals surface area contributed by atoms with Gasteiger partial charge in [0.05, 0.1) is 30.6 Å². The molecule has 5 N–H and O–H groups in total. The predicted molar refractivity (Wildman–Crippen MR) is 160 cm³/mol. The lowest BCUT2D eigenvalue weighted by Gasteiger charge is -2.20. The van der Waals surface area contributed by atoms with Crippen LogP contribution in [0.5, 0.6) is 0 Å². The van der Waals surface area contributed by atoms with Crippen molar-refractivity contribution < 1.29 is 35.1 Å². The van der Waals surface area contributed by atoms with Crippen molar-refractivity contribution in [3.8, 4) is 0 Å². The van der Waals surface area contributed by atoms with Crippen molar-refractivity contribution >= 4 is 45.3 Å². The molecule has 0 saturated carbocycles. The van der Waals surface area contributed by atoms with Gasteiger partial charge in [-0.25, -0.2) is 0 Å². The minimum atomic E-state index is -1.33. The Balaban J connectivity index is 3.68. The summed E-state index contributed by atoms with van der Waals surface area (Å²) in [6.45, 7) is 2.31. The first-order chi connectivity index (χ1) is 19.3. The van der Waals surface area contributed by atoms with E-state index in [0.29, 0.717) is 17.9 Å². The zero-order valence-electron chi connectivity index (χ0n) is 24.7. The van der Waals surface area contributed by atoms with Crippen molar-refractivity contribution in [1.82, 2.24) is 10.6 Å². The molecule has 11 heteroatoms. The van der Waals surface area contributed by atoms with E-state index < -0.39 is 29.9 Å². The SMILES string of the molecule is CC(=O)NC(CCSSCCC(NC(=O)CCCCCCCCCCCCCCCCCC[NH3+])C(=O)[O-])C(=O)[O-]. The molecule has 2 amide bonds. The van der Waals surface area contributed by atoms with Crippen molar-refractivity contribution in [3.63, 3.8) is 0 Å². The van der Waals surface area contributed by atoms with Crippen molar-refractivity contribution in [3.05, 3.63) is 0 Å². The van der Waals surface area contributed by atoms with Crippen molar-refractivity contribution in [1.29, 1.82) is 0 Å². The average Bonchev–Trinajstić information content (AvgIpc) is 2.90. The topological polar surface area (TPSA) is 166 Å². The van der Waals surface area contributed by atoms with Gasteiger partial charge in [-0.3, -0.25) is 9.59 Å². The zero-order valence-corrected chi connectivity index (χ0v) is 26.3. The Hall–Kier alpha value is -1.46. The van der Waals surface area contributed by atoms with E-state index in [9.17, 15) is 29.4 Å². The van der Waals surface area contributed by atoms with Gasteiger partial charge in [-0.15, -0.1) is 0 Å². The number of hydrogen-bond acceptors (Lipinski definition) is 8. The number of carbonyl (C=O) groups is 4. The molecule has 0 fully saturated rings. The van der Waals surface area contributed by atoms with Gasteiger partial charge in [-0.05, 0) is 32.1 Å². The molecule has 0 rings (SSSR count). The summed E-state index contributed by atoms with van der Waals surface area (Å²) >= 11 is 0. The molecule has 9 nitrogen and oxygen atoms in total. The molecule has 40 heavy (non-hydrogen) atoms. The summed E-state index contributed by atoms with van der Waals surface area (Å²) < 4.78 is 0. The number of aliphatic carboxylic acids is 2. The molecular weight excluding hydrogens is 550 g/mol. The van der Waals surface area contributed by atoms with Crippen LogP contribution < -0.4 is 26.6 Å². The molecule has 2 unspecified atom stereocenters. The molecule has 2 atom stereocenters. The van der Waals surface area contributed by atoms with Crippen LogP contribution in [0.2, 0.25) is 0 Å². The molecule has 0 aliphatic rings. The number of carbonyl (C=O) groups excluding carboxylic acids is 4. The number of rotatable bonds is 29. The first-order valence-electron chi connectivity index (χ1n) is 15.3. The molecule has 0 radical (unpaired) electrons. The van der Waals surface area contributed by atoms with Crippen LogP contribution in [0, 0.1) is 0 Å². The highest BCUT2D eigenvalue weighted by molar-refractivity contribution is 8.76. The average molecular weight is 605 g/mol. The van der Waals surface area contributed by atoms with Crippen molar-refractivity contribution in [2.24, 2.45) is 0 Å². The summed E-state index contributed by atoms with van der Waals surface area (Å²) in [5.41, 5.74) is 3.89. The van der Waals surface area contributed by atoms with Crippen LogP contribution in [-0.2, 0) is 19.2 Å². The maximum atomic E-state index is 12.2. The molecule has 0 aromatic rings. The third-order valence-electron chi connectivity index (χ3n) is 6.75. The standard InChI is InChI=1S/C29H55N3O6S2/c1-24(33)31-25(28(35)36)19-22-39-40-23-20-26(29(37)38)32-27(34)18-16-14-12-10-8-6-4-2-3-5-7-9-11-13-15-17-21-30/h25-26H,2-23,30H2,1H3,(H,31,33)(H,32,34)(H,35,36)(H,37,38)/p-1. The Bertz CT molecular complexity index is 684. The van der Waals surface area contributed by atoms with Crippen LogP contribution in [-0.4, -0.2) is 53.9 Å². The number of hydrogen-bond donors (Lipinski definition) is 3. The number of unbranched alkanes of at least 4 members (excludes halogenated alkanes) is 15. The summed E-state index contributed by atoms with van der Waals surface area (Å²) in [7, 11) is 2.77. The van der Waals surface area contributed by atoms with E-state index in [1.165, 1.54) is 112 Å². The summed E-state index contributed by atoms with van der Waals surface area (Å²) in [6.07, 6.45) is 20.7. The van der Waals surface area contributed by atoms with Gasteiger partial charge < -0.3 is 36.2 Å². The molecule has 0 aliphatic carbocycles. The van der Waals surface area contributed by atoms with Crippen LogP contribution >= 0.6 is 21.6 Å². The van der Waals surface area contributed by atoms with Gasteiger partial charge in [-0.2, -0.15) is 0 Å². The number of nitrogens with one attached hydrogen (secondary N) is 2. The fourth-order valence-electron chi connectivity index (χ4n) is 4.40. The van der Waals surface area contributed by atoms with E-state index in [4.69, 9.17) is 0 Å². The Morgan fingerprint density at radius 3 is 1.30 bits per heavy atom. The molecule has 234 valence electrons. The highest BCUT2D eigenvalue weighted by Crippen LogP contribution is 2.24. The number of carboxylic acid groups (broad SMARTS) is 2. The van der Waals surface area contributed by atoms with E-state index in [1.54, 1.807) is 0 Å². The molecule has 0 spiro atoms. The van der Waals surface area contributed by atoms with Crippen LogP contribution in [0.15, 0.2) is 0 Å². The number of carboxylic acids is 2. The third kappa shape index (κ3) is 25.5. The third-order valence-corrected chi connectivity index (χ3v) is 9.22. The molecular formula is C29H54N3O6S2-. The largest absolute Gasteiger partial charge is 0.548 e. The molecule has 0 saturated heterocycles. The van der Waals surface area contributed by atoms with Gasteiger partial charge in [-0.1, -0.05) is 105 Å². The molecule has 0 heterocycles. The predicted octanol–water partition coefficient (Wildman–Crippen LogP) is 2.51. The van der Waals surface area contributed by atoms with E-state index in [1.807, 2.05) is 0 Å². The number of amides is 2. The normalized spacial score (nSPS) is 12.6. The second-order valence-corrected chi connectivity index (χ2v) is 13.2. The maximum absolute atomic E-state index is 12.2. The van der Waals surface area contributed by atoms with Gasteiger partial charge in [0.25, 0.3) is 0 Å². The lowest BCUT2D eigenvalue weighted by molar-refractivity contribution is -0.368. The second kappa shape index (κ2) is 27.7. The van der Waals surface area contributed by atoms with E-state index in [2.05, 4.69) is 16.4 Å². The maximum Gasteiger partial charge on any atom is 0.220 e. The minimum absolute atomic E-state index is 0.207. The summed E-state index contributed by atoms with van der Waals surface area (Å²) in [4.78, 5) is 45.6. The first kappa shape index (κ1) is 38.5. The fourth-order valence-corrected chi connectivity index (χ4v) is 6.58. The van der Waals surface area contributed by atoms with Crippen molar-refractivity contribution in [2.75, 3.05) is 18.1 Å². The Morgan fingerprint density at radius 2 is 0.950 bits per heavy atom. The quantitative estimate of drug-likeness (QED) is 0.0865. The van der Waals surface area contributed by atoms with E-state index in [0.717, 1.165) is 25.8 Å². The Labute approximate surface area is 249 Å². The van der Waals surface area contributed by atoms with Crippen LogP contribution in [0.3, 0.4) is 0 Å². The molecule has 0 bridgehead atoms. The molecule has 0 aliphatic heterocycles. The van der Waals surface area contributed by atoms with E-state index in [-0.39, 0.29) is 18.7 Å². The first-order valence-corrected chi connectivity index (χ1v) is 17.8. The lowest BCUT2D eigenvalue weighted by Crippen LogP contribution is -2.50. The molecule has 0 aromatic carbocycles.